The van der Waals surface area contributed by atoms with E-state index in [1.807, 2.05) is 14.1 Å². The first kappa shape index (κ1) is 15.9. The van der Waals surface area contributed by atoms with Crippen LogP contribution in [0.25, 0.3) is 0 Å². The minimum atomic E-state index is -0.167. The number of nitrogens with one attached hydrogen (secondary N) is 2. The minimum Gasteiger partial charge on any atom is -0.349 e. The van der Waals surface area contributed by atoms with Crippen molar-refractivity contribution in [2.75, 3.05) is 33.7 Å². The third kappa shape index (κ3) is 4.01. The molecule has 118 valence electrons. The summed E-state index contributed by atoms with van der Waals surface area (Å²) in [6, 6.07) is 0.297. The minimum absolute atomic E-state index is 0.0983. The first-order chi connectivity index (χ1) is 9.90. The van der Waals surface area contributed by atoms with E-state index in [1.54, 1.807) is 10.9 Å². The number of amides is 1. The Morgan fingerprint density at radius 3 is 2.95 bits per heavy atom. The van der Waals surface area contributed by atoms with Crippen molar-refractivity contribution in [3.05, 3.63) is 11.9 Å². The summed E-state index contributed by atoms with van der Waals surface area (Å²) in [5.74, 6) is -0.167. The monoisotopic (exact) mass is 294 g/mol. The fourth-order valence-electron chi connectivity index (χ4n) is 2.16. The second-order valence-electron chi connectivity index (χ2n) is 6.47. The van der Waals surface area contributed by atoms with Crippen LogP contribution in [0.2, 0.25) is 0 Å². The van der Waals surface area contributed by atoms with Crippen LogP contribution in [0.5, 0.6) is 0 Å². The molecule has 2 heterocycles. The van der Waals surface area contributed by atoms with E-state index in [0.29, 0.717) is 18.3 Å². The smallest absolute Gasteiger partial charge is 0.273 e. The van der Waals surface area contributed by atoms with Gasteiger partial charge in [-0.05, 0) is 47.3 Å². The maximum atomic E-state index is 12.1. The zero-order chi connectivity index (χ0) is 15.5. The van der Waals surface area contributed by atoms with Crippen molar-refractivity contribution in [2.45, 2.75) is 38.3 Å². The molecule has 7 nitrogen and oxygen atoms in total. The summed E-state index contributed by atoms with van der Waals surface area (Å²) < 4.78 is 1.80. The number of nitrogens with zero attached hydrogens (tertiary/aromatic N) is 4. The highest BCUT2D eigenvalue weighted by Gasteiger charge is 2.23. The van der Waals surface area contributed by atoms with Gasteiger partial charge in [-0.2, -0.15) is 0 Å². The van der Waals surface area contributed by atoms with Gasteiger partial charge in [-0.3, -0.25) is 4.79 Å². The SMILES string of the molecule is CN(C)C(C)(C)CNC(=O)c1cn(C2CCCNC2)nn1. The maximum absolute atomic E-state index is 12.1. The number of piperidine rings is 1. The number of likely N-dealkylation sites (N-methyl/N-ethyl adjacent to an activating group) is 1. The van der Waals surface area contributed by atoms with Crippen LogP contribution in [0.3, 0.4) is 0 Å². The Morgan fingerprint density at radius 2 is 2.33 bits per heavy atom. The zero-order valence-corrected chi connectivity index (χ0v) is 13.4. The molecule has 2 N–H and O–H groups in total. The molecule has 1 unspecified atom stereocenters. The topological polar surface area (TPSA) is 75.1 Å². The summed E-state index contributed by atoms with van der Waals surface area (Å²) in [6.45, 7) is 6.67. The Balaban J connectivity index is 1.93. The van der Waals surface area contributed by atoms with E-state index < -0.39 is 0 Å². The third-order valence-corrected chi connectivity index (χ3v) is 4.28. The van der Waals surface area contributed by atoms with Gasteiger partial charge in [-0.15, -0.1) is 5.10 Å². The third-order valence-electron chi connectivity index (χ3n) is 4.28. The quantitative estimate of drug-likeness (QED) is 0.815. The first-order valence-corrected chi connectivity index (χ1v) is 7.48. The van der Waals surface area contributed by atoms with Gasteiger partial charge >= 0.3 is 0 Å². The number of aromatic nitrogens is 3. The molecule has 1 aliphatic heterocycles. The molecule has 1 atom stereocenters. The summed E-state index contributed by atoms with van der Waals surface area (Å²) in [5.41, 5.74) is 0.286. The van der Waals surface area contributed by atoms with Gasteiger partial charge in [0, 0.05) is 18.6 Å². The maximum Gasteiger partial charge on any atom is 0.273 e. The number of carbonyl (C=O) groups is 1. The van der Waals surface area contributed by atoms with E-state index in [4.69, 9.17) is 0 Å². The van der Waals surface area contributed by atoms with Crippen molar-refractivity contribution in [1.29, 1.82) is 0 Å². The fourth-order valence-corrected chi connectivity index (χ4v) is 2.16. The van der Waals surface area contributed by atoms with Crippen LogP contribution in [-0.2, 0) is 0 Å². The van der Waals surface area contributed by atoms with Gasteiger partial charge in [0.25, 0.3) is 5.91 Å². The van der Waals surface area contributed by atoms with Crippen molar-refractivity contribution in [1.82, 2.24) is 30.5 Å². The predicted octanol–water partition coefficient (Wildman–Crippen LogP) is 0.273. The standard InChI is InChI=1S/C14H26N6O/c1-14(2,19(3)4)10-16-13(21)12-9-20(18-17-12)11-6-5-7-15-8-11/h9,11,15H,5-8,10H2,1-4H3,(H,16,21). The molecule has 1 saturated heterocycles. The predicted molar refractivity (Wildman–Crippen MR) is 81.3 cm³/mol. The van der Waals surface area contributed by atoms with Gasteiger partial charge in [-0.1, -0.05) is 5.21 Å². The van der Waals surface area contributed by atoms with Gasteiger partial charge in [0.05, 0.1) is 12.2 Å². The van der Waals surface area contributed by atoms with Crippen LogP contribution in [0.4, 0.5) is 0 Å². The molecule has 21 heavy (non-hydrogen) atoms. The molecular formula is C14H26N6O. The first-order valence-electron chi connectivity index (χ1n) is 7.48. The molecule has 1 fully saturated rings. The van der Waals surface area contributed by atoms with E-state index in [2.05, 4.69) is 39.7 Å². The average Bonchev–Trinajstić information content (AvgIpc) is 2.95. The summed E-state index contributed by atoms with van der Waals surface area (Å²) in [6.07, 6.45) is 3.95. The van der Waals surface area contributed by atoms with E-state index in [-0.39, 0.29) is 11.4 Å². The summed E-state index contributed by atoms with van der Waals surface area (Å²) in [7, 11) is 4.00. The summed E-state index contributed by atoms with van der Waals surface area (Å²) >= 11 is 0. The molecule has 0 aliphatic carbocycles. The summed E-state index contributed by atoms with van der Waals surface area (Å²) in [4.78, 5) is 14.2. The Morgan fingerprint density at radius 1 is 1.57 bits per heavy atom. The van der Waals surface area contributed by atoms with Crippen LogP contribution < -0.4 is 10.6 Å². The van der Waals surface area contributed by atoms with Gasteiger partial charge in [0.1, 0.15) is 0 Å². The van der Waals surface area contributed by atoms with Crippen molar-refractivity contribution in [3.8, 4) is 0 Å². The van der Waals surface area contributed by atoms with Gasteiger partial charge < -0.3 is 15.5 Å². The van der Waals surface area contributed by atoms with Crippen LogP contribution >= 0.6 is 0 Å². The van der Waals surface area contributed by atoms with Crippen molar-refractivity contribution >= 4 is 5.91 Å². The van der Waals surface area contributed by atoms with Gasteiger partial charge in [-0.25, -0.2) is 4.68 Å². The normalized spacial score (nSPS) is 19.8. The average molecular weight is 294 g/mol. The molecule has 0 aromatic carbocycles. The Bertz CT molecular complexity index is 476. The van der Waals surface area contributed by atoms with Crippen LogP contribution in [0, 0.1) is 0 Å². The second-order valence-corrected chi connectivity index (χ2v) is 6.47. The molecular weight excluding hydrogens is 268 g/mol. The number of hydrogen-bond donors (Lipinski definition) is 2. The van der Waals surface area contributed by atoms with Crippen LogP contribution in [0.1, 0.15) is 43.2 Å². The largest absolute Gasteiger partial charge is 0.349 e. The fraction of sp³-hybridized carbons (Fsp3) is 0.786. The van der Waals surface area contributed by atoms with Crippen LogP contribution in [-0.4, -0.2) is 65.1 Å². The molecule has 1 amide bonds. The molecule has 7 heteroatoms. The lowest BCUT2D eigenvalue weighted by Gasteiger charge is -2.32. The molecule has 0 bridgehead atoms. The van der Waals surface area contributed by atoms with E-state index in [1.165, 1.54) is 0 Å². The lowest BCUT2D eigenvalue weighted by molar-refractivity contribution is 0.0914. The Labute approximate surface area is 126 Å². The van der Waals surface area contributed by atoms with Gasteiger partial charge in [0.15, 0.2) is 5.69 Å². The highest BCUT2D eigenvalue weighted by Crippen LogP contribution is 2.15. The number of rotatable bonds is 5. The lowest BCUT2D eigenvalue weighted by Crippen LogP contribution is -2.48. The molecule has 1 aliphatic rings. The van der Waals surface area contributed by atoms with Crippen molar-refractivity contribution in [2.24, 2.45) is 0 Å². The second kappa shape index (κ2) is 6.53. The Kier molecular flexibility index (Phi) is 4.95. The molecule has 0 saturated carbocycles. The molecule has 1 aromatic rings. The number of hydrogen-bond acceptors (Lipinski definition) is 5. The van der Waals surface area contributed by atoms with Gasteiger partial charge in [0.2, 0.25) is 0 Å². The van der Waals surface area contributed by atoms with E-state index >= 15 is 0 Å². The zero-order valence-electron chi connectivity index (χ0n) is 13.4. The molecule has 1 aromatic heterocycles. The van der Waals surface area contributed by atoms with Crippen molar-refractivity contribution < 1.29 is 4.79 Å². The molecule has 0 spiro atoms. The lowest BCUT2D eigenvalue weighted by atomic mass is 10.0. The molecule has 2 rings (SSSR count). The number of carbonyl (C=O) groups excluding carboxylic acids is 1. The van der Waals surface area contributed by atoms with Crippen molar-refractivity contribution in [3.63, 3.8) is 0 Å². The molecule has 0 radical (unpaired) electrons. The van der Waals surface area contributed by atoms with Crippen LogP contribution in [0.15, 0.2) is 6.20 Å². The van der Waals surface area contributed by atoms with E-state index in [9.17, 15) is 4.79 Å². The Hall–Kier alpha value is -1.47. The highest BCUT2D eigenvalue weighted by molar-refractivity contribution is 5.91. The summed E-state index contributed by atoms with van der Waals surface area (Å²) in [5, 5.41) is 14.4. The highest BCUT2D eigenvalue weighted by atomic mass is 16.2. The van der Waals surface area contributed by atoms with E-state index in [0.717, 1.165) is 25.9 Å².